The molecule has 1 aliphatic carbocycles. The fourth-order valence-corrected chi connectivity index (χ4v) is 3.52. The van der Waals surface area contributed by atoms with Crippen molar-refractivity contribution in [3.05, 3.63) is 22.4 Å². The van der Waals surface area contributed by atoms with E-state index in [-0.39, 0.29) is 29.8 Å². The van der Waals surface area contributed by atoms with Crippen LogP contribution in [0, 0.1) is 5.92 Å². The summed E-state index contributed by atoms with van der Waals surface area (Å²) in [6.07, 6.45) is 4.59. The maximum Gasteiger partial charge on any atom is 0.223 e. The second kappa shape index (κ2) is 7.59. The predicted octanol–water partition coefficient (Wildman–Crippen LogP) is 3.01. The molecule has 21 heavy (non-hydrogen) atoms. The largest absolute Gasteiger partial charge is 0.353 e. The minimum atomic E-state index is -0.117. The highest BCUT2D eigenvalue weighted by molar-refractivity contribution is 7.10. The molecule has 0 radical (unpaired) electrons. The number of nitrogens with one attached hydrogen (secondary N) is 2. The van der Waals surface area contributed by atoms with E-state index in [2.05, 4.69) is 10.6 Å². The van der Waals surface area contributed by atoms with Crippen molar-refractivity contribution < 1.29 is 9.59 Å². The van der Waals surface area contributed by atoms with Crippen LogP contribution in [0.25, 0.3) is 0 Å². The van der Waals surface area contributed by atoms with Crippen LogP contribution in [-0.2, 0) is 9.59 Å². The van der Waals surface area contributed by atoms with Gasteiger partial charge >= 0.3 is 0 Å². The molecule has 2 atom stereocenters. The molecule has 1 aromatic rings. The molecule has 1 fully saturated rings. The Labute approximate surface area is 130 Å². The van der Waals surface area contributed by atoms with Gasteiger partial charge in [-0.15, -0.1) is 11.3 Å². The Balaban J connectivity index is 1.72. The van der Waals surface area contributed by atoms with Gasteiger partial charge in [0, 0.05) is 23.3 Å². The zero-order chi connectivity index (χ0) is 15.2. The van der Waals surface area contributed by atoms with E-state index in [1.165, 1.54) is 0 Å². The normalized spacial score (nSPS) is 18.2. The SMILES string of the molecule is C[C@H](NC(=O)C[C@H](C)NC(=O)C1CCCC1)c1cccs1. The molecule has 0 unspecified atom stereocenters. The van der Waals surface area contributed by atoms with Gasteiger partial charge in [0.1, 0.15) is 0 Å². The van der Waals surface area contributed by atoms with Crippen molar-refractivity contribution in [2.75, 3.05) is 0 Å². The average Bonchev–Trinajstić information content (AvgIpc) is 3.12. The van der Waals surface area contributed by atoms with Gasteiger partial charge in [0.15, 0.2) is 0 Å². The molecule has 0 aliphatic heterocycles. The van der Waals surface area contributed by atoms with Crippen LogP contribution in [0.2, 0.25) is 0 Å². The molecule has 2 amide bonds. The van der Waals surface area contributed by atoms with E-state index in [1.54, 1.807) is 11.3 Å². The van der Waals surface area contributed by atoms with Crippen LogP contribution in [0.15, 0.2) is 17.5 Å². The van der Waals surface area contributed by atoms with E-state index in [4.69, 9.17) is 0 Å². The molecular weight excluding hydrogens is 284 g/mol. The molecule has 0 spiro atoms. The molecular formula is C16H24N2O2S. The Morgan fingerprint density at radius 3 is 2.62 bits per heavy atom. The van der Waals surface area contributed by atoms with Crippen molar-refractivity contribution in [1.29, 1.82) is 0 Å². The van der Waals surface area contributed by atoms with Crippen molar-refractivity contribution >= 4 is 23.2 Å². The van der Waals surface area contributed by atoms with Gasteiger partial charge < -0.3 is 10.6 Å². The first-order valence-electron chi connectivity index (χ1n) is 7.69. The minimum absolute atomic E-state index is 0.0184. The van der Waals surface area contributed by atoms with Gasteiger partial charge in [0.2, 0.25) is 11.8 Å². The molecule has 4 nitrogen and oxygen atoms in total. The number of hydrogen-bond acceptors (Lipinski definition) is 3. The fraction of sp³-hybridized carbons (Fsp3) is 0.625. The zero-order valence-corrected chi connectivity index (χ0v) is 13.5. The van der Waals surface area contributed by atoms with Crippen LogP contribution in [0.5, 0.6) is 0 Å². The molecule has 116 valence electrons. The summed E-state index contributed by atoms with van der Waals surface area (Å²) in [4.78, 5) is 25.2. The highest BCUT2D eigenvalue weighted by Gasteiger charge is 2.24. The highest BCUT2D eigenvalue weighted by Crippen LogP contribution is 2.24. The molecule has 1 aliphatic rings. The maximum absolute atomic E-state index is 12.0. The third-order valence-corrected chi connectivity index (χ3v) is 5.01. The minimum Gasteiger partial charge on any atom is -0.353 e. The summed E-state index contributed by atoms with van der Waals surface area (Å²) in [5.41, 5.74) is 0. The van der Waals surface area contributed by atoms with Crippen LogP contribution in [0.3, 0.4) is 0 Å². The number of hydrogen-bond donors (Lipinski definition) is 2. The number of carbonyl (C=O) groups excluding carboxylic acids is 2. The lowest BCUT2D eigenvalue weighted by molar-refractivity contribution is -0.126. The fourth-order valence-electron chi connectivity index (χ4n) is 2.79. The summed E-state index contributed by atoms with van der Waals surface area (Å²) in [6, 6.07) is 3.90. The molecule has 0 aromatic carbocycles. The van der Waals surface area contributed by atoms with Crippen LogP contribution >= 0.6 is 11.3 Å². The maximum atomic E-state index is 12.0. The Morgan fingerprint density at radius 1 is 1.29 bits per heavy atom. The molecule has 1 aromatic heterocycles. The van der Waals surface area contributed by atoms with E-state index in [0.717, 1.165) is 30.6 Å². The summed E-state index contributed by atoms with van der Waals surface area (Å²) >= 11 is 1.63. The first kappa shape index (κ1) is 16.0. The summed E-state index contributed by atoms with van der Waals surface area (Å²) in [7, 11) is 0. The molecule has 0 bridgehead atoms. The second-order valence-electron chi connectivity index (χ2n) is 5.90. The monoisotopic (exact) mass is 308 g/mol. The van der Waals surface area contributed by atoms with E-state index < -0.39 is 0 Å². The zero-order valence-electron chi connectivity index (χ0n) is 12.7. The van der Waals surface area contributed by atoms with Gasteiger partial charge in [-0.25, -0.2) is 0 Å². The van der Waals surface area contributed by atoms with Crippen molar-refractivity contribution in [3.8, 4) is 0 Å². The van der Waals surface area contributed by atoms with Crippen molar-refractivity contribution in [2.45, 2.75) is 58.0 Å². The van der Waals surface area contributed by atoms with Crippen LogP contribution in [0.1, 0.15) is 56.9 Å². The van der Waals surface area contributed by atoms with Gasteiger partial charge in [-0.05, 0) is 38.1 Å². The Hall–Kier alpha value is -1.36. The van der Waals surface area contributed by atoms with E-state index in [0.29, 0.717) is 6.42 Å². The number of amides is 2. The van der Waals surface area contributed by atoms with Crippen LogP contribution in [-0.4, -0.2) is 17.9 Å². The van der Waals surface area contributed by atoms with Gasteiger partial charge in [-0.2, -0.15) is 0 Å². The summed E-state index contributed by atoms with van der Waals surface area (Å²) in [6.45, 7) is 3.87. The summed E-state index contributed by atoms with van der Waals surface area (Å²) in [5, 5.41) is 7.94. The Bertz CT molecular complexity index is 467. The lowest BCUT2D eigenvalue weighted by Gasteiger charge is -2.18. The molecule has 0 saturated heterocycles. The van der Waals surface area contributed by atoms with E-state index >= 15 is 0 Å². The Kier molecular flexibility index (Phi) is 5.79. The van der Waals surface area contributed by atoms with Crippen molar-refractivity contribution in [3.63, 3.8) is 0 Å². The number of carbonyl (C=O) groups is 2. The average molecular weight is 308 g/mol. The third kappa shape index (κ3) is 4.84. The quantitative estimate of drug-likeness (QED) is 0.848. The highest BCUT2D eigenvalue weighted by atomic mass is 32.1. The first-order valence-corrected chi connectivity index (χ1v) is 8.57. The molecule has 2 N–H and O–H groups in total. The second-order valence-corrected chi connectivity index (χ2v) is 6.88. The number of thiophene rings is 1. The van der Waals surface area contributed by atoms with Gasteiger partial charge in [-0.3, -0.25) is 9.59 Å². The van der Waals surface area contributed by atoms with E-state index in [9.17, 15) is 9.59 Å². The molecule has 1 heterocycles. The lowest BCUT2D eigenvalue weighted by Crippen LogP contribution is -2.40. The van der Waals surface area contributed by atoms with Gasteiger partial charge in [0.25, 0.3) is 0 Å². The standard InChI is InChI=1S/C16H24N2O2S/c1-11(17-16(20)13-6-3-4-7-13)10-15(19)18-12(2)14-8-5-9-21-14/h5,8-9,11-13H,3-4,6-7,10H2,1-2H3,(H,17,20)(H,18,19)/t11-,12-/m0/s1. The van der Waals surface area contributed by atoms with Gasteiger partial charge in [0.05, 0.1) is 6.04 Å². The lowest BCUT2D eigenvalue weighted by atomic mass is 10.1. The Morgan fingerprint density at radius 2 is 2.00 bits per heavy atom. The summed E-state index contributed by atoms with van der Waals surface area (Å²) < 4.78 is 0. The topological polar surface area (TPSA) is 58.2 Å². The molecule has 2 rings (SSSR count). The van der Waals surface area contributed by atoms with Crippen molar-refractivity contribution in [2.24, 2.45) is 5.92 Å². The molecule has 5 heteroatoms. The van der Waals surface area contributed by atoms with Crippen molar-refractivity contribution in [1.82, 2.24) is 10.6 Å². The number of rotatable bonds is 6. The van der Waals surface area contributed by atoms with Gasteiger partial charge in [-0.1, -0.05) is 18.9 Å². The predicted molar refractivity (Wildman–Crippen MR) is 85.1 cm³/mol. The van der Waals surface area contributed by atoms with E-state index in [1.807, 2.05) is 31.4 Å². The van der Waals surface area contributed by atoms with Crippen LogP contribution < -0.4 is 10.6 Å². The third-order valence-electron chi connectivity index (χ3n) is 3.95. The molecule has 1 saturated carbocycles. The smallest absolute Gasteiger partial charge is 0.223 e. The summed E-state index contributed by atoms with van der Waals surface area (Å²) in [5.74, 6) is 0.245. The van der Waals surface area contributed by atoms with Crippen LogP contribution in [0.4, 0.5) is 0 Å². The first-order chi connectivity index (χ1) is 10.1.